The second kappa shape index (κ2) is 4.68. The van der Waals surface area contributed by atoms with E-state index in [2.05, 4.69) is 5.43 Å². The molecule has 3 N–H and O–H groups in total. The number of benzene rings is 2. The summed E-state index contributed by atoms with van der Waals surface area (Å²) in [6.45, 7) is 1.98. The maximum absolute atomic E-state index is 5.69. The first-order valence-electron chi connectivity index (χ1n) is 5.10. The average molecular weight is 214 g/mol. The molecular formula is C13H14N2O. The second-order valence-corrected chi connectivity index (χ2v) is 3.54. The average Bonchev–Trinajstić information content (AvgIpc) is 2.31. The Morgan fingerprint density at radius 1 is 1.00 bits per heavy atom. The lowest BCUT2D eigenvalue weighted by Crippen LogP contribution is -2.07. The standard InChI is InChI=1S/C13H14N2O/c1-10-9-12(7-8-13(10)15-14)16-11-5-3-2-4-6-11/h2-9,15H,14H2,1H3. The van der Waals surface area contributed by atoms with Gasteiger partial charge in [0, 0.05) is 0 Å². The molecule has 2 aromatic rings. The van der Waals surface area contributed by atoms with Gasteiger partial charge in [0.1, 0.15) is 11.5 Å². The number of hydrogen-bond acceptors (Lipinski definition) is 3. The zero-order valence-corrected chi connectivity index (χ0v) is 9.10. The first-order chi connectivity index (χ1) is 7.79. The van der Waals surface area contributed by atoms with E-state index in [9.17, 15) is 0 Å². The van der Waals surface area contributed by atoms with Crippen molar-refractivity contribution in [2.75, 3.05) is 5.43 Å². The number of hydrogen-bond donors (Lipinski definition) is 2. The van der Waals surface area contributed by atoms with E-state index in [1.807, 2.05) is 55.5 Å². The Morgan fingerprint density at radius 3 is 2.38 bits per heavy atom. The van der Waals surface area contributed by atoms with Gasteiger partial charge >= 0.3 is 0 Å². The minimum absolute atomic E-state index is 0.808. The summed E-state index contributed by atoms with van der Waals surface area (Å²) in [6.07, 6.45) is 0. The lowest BCUT2D eigenvalue weighted by molar-refractivity contribution is 0.482. The van der Waals surface area contributed by atoms with Crippen molar-refractivity contribution < 1.29 is 4.74 Å². The van der Waals surface area contributed by atoms with Crippen molar-refractivity contribution in [3.63, 3.8) is 0 Å². The van der Waals surface area contributed by atoms with Crippen LogP contribution in [0.15, 0.2) is 48.5 Å². The molecule has 0 aliphatic heterocycles. The van der Waals surface area contributed by atoms with Crippen molar-refractivity contribution in [3.8, 4) is 11.5 Å². The molecule has 0 heterocycles. The number of hydrazine groups is 1. The molecule has 0 saturated heterocycles. The minimum Gasteiger partial charge on any atom is -0.457 e. The predicted octanol–water partition coefficient (Wildman–Crippen LogP) is 3.07. The fourth-order valence-corrected chi connectivity index (χ4v) is 1.49. The molecule has 0 aliphatic rings. The van der Waals surface area contributed by atoms with Crippen LogP contribution in [-0.2, 0) is 0 Å². The number of ether oxygens (including phenoxy) is 1. The summed E-state index contributed by atoms with van der Waals surface area (Å²) in [5, 5.41) is 0. The molecule has 2 aromatic carbocycles. The van der Waals surface area contributed by atoms with Crippen LogP contribution in [-0.4, -0.2) is 0 Å². The van der Waals surface area contributed by atoms with Crippen LogP contribution < -0.4 is 16.0 Å². The van der Waals surface area contributed by atoms with Gasteiger partial charge in [-0.25, -0.2) is 0 Å². The number of nitrogen functional groups attached to an aromatic ring is 1. The van der Waals surface area contributed by atoms with Gasteiger partial charge in [-0.05, 0) is 42.8 Å². The Hall–Kier alpha value is -2.00. The molecule has 3 heteroatoms. The first-order valence-corrected chi connectivity index (χ1v) is 5.10. The molecule has 16 heavy (non-hydrogen) atoms. The van der Waals surface area contributed by atoms with Gasteiger partial charge < -0.3 is 10.2 Å². The third-order valence-electron chi connectivity index (χ3n) is 2.33. The highest BCUT2D eigenvalue weighted by Crippen LogP contribution is 2.25. The molecule has 0 saturated carbocycles. The number of para-hydroxylation sites is 1. The van der Waals surface area contributed by atoms with E-state index in [0.717, 1.165) is 22.7 Å². The fraction of sp³-hybridized carbons (Fsp3) is 0.0769. The third kappa shape index (κ3) is 2.32. The van der Waals surface area contributed by atoms with Gasteiger partial charge in [-0.3, -0.25) is 5.84 Å². The van der Waals surface area contributed by atoms with E-state index in [1.54, 1.807) is 0 Å². The van der Waals surface area contributed by atoms with Crippen molar-refractivity contribution in [1.29, 1.82) is 0 Å². The SMILES string of the molecule is Cc1cc(Oc2ccccc2)ccc1NN. The summed E-state index contributed by atoms with van der Waals surface area (Å²) in [4.78, 5) is 0. The van der Waals surface area contributed by atoms with Crippen LogP contribution in [0.3, 0.4) is 0 Å². The van der Waals surface area contributed by atoms with Gasteiger partial charge in [-0.1, -0.05) is 18.2 Å². The second-order valence-electron chi connectivity index (χ2n) is 3.54. The van der Waals surface area contributed by atoms with Gasteiger partial charge in [0.05, 0.1) is 5.69 Å². The highest BCUT2D eigenvalue weighted by molar-refractivity contribution is 5.53. The maximum atomic E-state index is 5.69. The number of nitrogens with one attached hydrogen (secondary N) is 1. The summed E-state index contributed by atoms with van der Waals surface area (Å²) in [5.41, 5.74) is 4.59. The van der Waals surface area contributed by atoms with Crippen molar-refractivity contribution in [3.05, 3.63) is 54.1 Å². The predicted molar refractivity (Wildman–Crippen MR) is 65.5 cm³/mol. The Balaban J connectivity index is 2.20. The van der Waals surface area contributed by atoms with E-state index < -0.39 is 0 Å². The lowest BCUT2D eigenvalue weighted by atomic mass is 10.2. The van der Waals surface area contributed by atoms with Crippen LogP contribution in [0.2, 0.25) is 0 Å². The Labute approximate surface area is 94.8 Å². The Morgan fingerprint density at radius 2 is 1.75 bits per heavy atom. The van der Waals surface area contributed by atoms with Gasteiger partial charge in [0.15, 0.2) is 0 Å². The molecule has 2 rings (SSSR count). The molecule has 0 amide bonds. The molecule has 0 aliphatic carbocycles. The van der Waals surface area contributed by atoms with Gasteiger partial charge in [-0.2, -0.15) is 0 Å². The van der Waals surface area contributed by atoms with Crippen molar-refractivity contribution in [1.82, 2.24) is 0 Å². The summed E-state index contributed by atoms with van der Waals surface area (Å²) >= 11 is 0. The van der Waals surface area contributed by atoms with Crippen LogP contribution in [0.4, 0.5) is 5.69 Å². The zero-order chi connectivity index (χ0) is 11.4. The topological polar surface area (TPSA) is 47.3 Å². The Bertz CT molecular complexity index is 469. The molecule has 0 radical (unpaired) electrons. The van der Waals surface area contributed by atoms with Gasteiger partial charge in [-0.15, -0.1) is 0 Å². The van der Waals surface area contributed by atoms with Crippen molar-refractivity contribution in [2.45, 2.75) is 6.92 Å². The van der Waals surface area contributed by atoms with E-state index in [0.29, 0.717) is 0 Å². The quantitative estimate of drug-likeness (QED) is 0.609. The molecule has 0 unspecified atom stereocenters. The Kier molecular flexibility index (Phi) is 3.08. The molecule has 3 nitrogen and oxygen atoms in total. The van der Waals surface area contributed by atoms with Gasteiger partial charge in [0.2, 0.25) is 0 Å². The number of rotatable bonds is 3. The number of nitrogens with two attached hydrogens (primary N) is 1. The maximum Gasteiger partial charge on any atom is 0.127 e. The molecule has 0 spiro atoms. The molecule has 0 aromatic heterocycles. The van der Waals surface area contributed by atoms with Crippen LogP contribution in [0.1, 0.15) is 5.56 Å². The molecule has 82 valence electrons. The normalized spacial score (nSPS) is 9.88. The molecular weight excluding hydrogens is 200 g/mol. The number of anilines is 1. The lowest BCUT2D eigenvalue weighted by Gasteiger charge is -2.09. The smallest absolute Gasteiger partial charge is 0.127 e. The highest BCUT2D eigenvalue weighted by Gasteiger charge is 2.00. The van der Waals surface area contributed by atoms with E-state index in [4.69, 9.17) is 10.6 Å². The molecule has 0 bridgehead atoms. The van der Waals surface area contributed by atoms with E-state index in [1.165, 1.54) is 0 Å². The summed E-state index contributed by atoms with van der Waals surface area (Å²) in [7, 11) is 0. The largest absolute Gasteiger partial charge is 0.457 e. The van der Waals surface area contributed by atoms with E-state index in [-0.39, 0.29) is 0 Å². The van der Waals surface area contributed by atoms with E-state index >= 15 is 0 Å². The number of aryl methyl sites for hydroxylation is 1. The van der Waals surface area contributed by atoms with Crippen LogP contribution in [0.25, 0.3) is 0 Å². The highest BCUT2D eigenvalue weighted by atomic mass is 16.5. The minimum atomic E-state index is 0.808. The fourth-order valence-electron chi connectivity index (χ4n) is 1.49. The third-order valence-corrected chi connectivity index (χ3v) is 2.33. The zero-order valence-electron chi connectivity index (χ0n) is 9.10. The van der Waals surface area contributed by atoms with Gasteiger partial charge in [0.25, 0.3) is 0 Å². The van der Waals surface area contributed by atoms with Crippen molar-refractivity contribution in [2.24, 2.45) is 5.84 Å². The first kappa shape index (κ1) is 10.5. The summed E-state index contributed by atoms with van der Waals surface area (Å²) < 4.78 is 5.69. The molecule has 0 fully saturated rings. The molecule has 0 atom stereocenters. The van der Waals surface area contributed by atoms with Crippen LogP contribution in [0.5, 0.6) is 11.5 Å². The summed E-state index contributed by atoms with van der Waals surface area (Å²) in [6, 6.07) is 15.4. The summed E-state index contributed by atoms with van der Waals surface area (Å²) in [5.74, 6) is 7.00. The van der Waals surface area contributed by atoms with Crippen LogP contribution in [0, 0.1) is 6.92 Å². The van der Waals surface area contributed by atoms with Crippen molar-refractivity contribution >= 4 is 5.69 Å². The monoisotopic (exact) mass is 214 g/mol. The van der Waals surface area contributed by atoms with Crippen LogP contribution >= 0.6 is 0 Å².